The van der Waals surface area contributed by atoms with Crippen molar-refractivity contribution < 1.29 is 22.8 Å². The van der Waals surface area contributed by atoms with Crippen molar-refractivity contribution in [3.05, 3.63) is 88.4 Å². The molecule has 3 aromatic carbocycles. The minimum absolute atomic E-state index is 0.0748. The number of amides is 2. The number of alkyl halides is 3. The molecule has 9 heteroatoms. The molecule has 0 aliphatic carbocycles. The molecule has 3 aromatic rings. The molecule has 2 N–H and O–H groups in total. The van der Waals surface area contributed by atoms with E-state index in [1.165, 1.54) is 6.07 Å². The highest BCUT2D eigenvalue weighted by Crippen LogP contribution is 2.36. The van der Waals surface area contributed by atoms with E-state index >= 15 is 0 Å². The second kappa shape index (κ2) is 10.1. The van der Waals surface area contributed by atoms with Crippen molar-refractivity contribution in [2.45, 2.75) is 18.0 Å². The van der Waals surface area contributed by atoms with E-state index in [2.05, 4.69) is 10.6 Å². The quantitative estimate of drug-likeness (QED) is 0.390. The first-order chi connectivity index (χ1) is 15.1. The average molecular weight is 479 g/mol. The van der Waals surface area contributed by atoms with Crippen LogP contribution in [0.15, 0.2) is 71.6 Å². The van der Waals surface area contributed by atoms with Crippen molar-refractivity contribution >= 4 is 46.6 Å². The van der Waals surface area contributed by atoms with Crippen LogP contribution in [0.3, 0.4) is 0 Å². The number of anilines is 2. The number of rotatable bonds is 6. The zero-order valence-corrected chi connectivity index (χ0v) is 18.4. The molecule has 0 bridgehead atoms. The summed E-state index contributed by atoms with van der Waals surface area (Å²) >= 11 is 6.78. The minimum Gasteiger partial charge on any atom is -0.325 e. The van der Waals surface area contributed by atoms with Gasteiger partial charge in [0.15, 0.2) is 0 Å². The van der Waals surface area contributed by atoms with Crippen molar-refractivity contribution in [2.75, 3.05) is 16.4 Å². The van der Waals surface area contributed by atoms with E-state index in [9.17, 15) is 22.8 Å². The summed E-state index contributed by atoms with van der Waals surface area (Å²) in [7, 11) is 0. The van der Waals surface area contributed by atoms with E-state index in [1.54, 1.807) is 42.5 Å². The Morgan fingerprint density at radius 3 is 2.44 bits per heavy atom. The average Bonchev–Trinajstić information content (AvgIpc) is 2.73. The summed E-state index contributed by atoms with van der Waals surface area (Å²) in [6.45, 7) is 1.89. The Morgan fingerprint density at radius 2 is 1.72 bits per heavy atom. The Balaban J connectivity index is 1.62. The van der Waals surface area contributed by atoms with Crippen LogP contribution in [0.25, 0.3) is 0 Å². The summed E-state index contributed by atoms with van der Waals surface area (Å²) in [4.78, 5) is 25.3. The maximum Gasteiger partial charge on any atom is 0.418 e. The molecule has 0 atom stereocenters. The number of thioether (sulfide) groups is 1. The second-order valence-electron chi connectivity index (χ2n) is 6.88. The van der Waals surface area contributed by atoms with Gasteiger partial charge in [0.1, 0.15) is 0 Å². The first kappa shape index (κ1) is 23.7. The number of carbonyl (C=O) groups is 2. The van der Waals surface area contributed by atoms with Crippen molar-refractivity contribution in [2.24, 2.45) is 0 Å². The van der Waals surface area contributed by atoms with Crippen LogP contribution < -0.4 is 10.6 Å². The molecule has 166 valence electrons. The molecule has 0 saturated heterocycles. The standard InChI is InChI=1S/C23H18ClF3N2O2S/c1-14-4-2-5-15(10-14)22(31)28-17-6-3-7-18(12-17)32-13-21(30)29-20-9-8-16(24)11-19(20)23(25,26)27/h2-12H,13H2,1H3,(H,28,31)(H,29,30). The van der Waals surface area contributed by atoms with Gasteiger partial charge in [-0.05, 0) is 55.5 Å². The summed E-state index contributed by atoms with van der Waals surface area (Å²) in [5.41, 5.74) is 0.656. The topological polar surface area (TPSA) is 58.2 Å². The molecule has 0 aliphatic heterocycles. The largest absolute Gasteiger partial charge is 0.418 e. The summed E-state index contributed by atoms with van der Waals surface area (Å²) in [6.07, 6.45) is -4.65. The predicted octanol–water partition coefficient (Wildman–Crippen LogP) is 6.65. The number of hydrogen-bond acceptors (Lipinski definition) is 3. The zero-order valence-electron chi connectivity index (χ0n) is 16.8. The minimum atomic E-state index is -4.65. The lowest BCUT2D eigenvalue weighted by atomic mass is 10.1. The third kappa shape index (κ3) is 6.51. The first-order valence-electron chi connectivity index (χ1n) is 9.39. The van der Waals surface area contributed by atoms with Gasteiger partial charge in [-0.25, -0.2) is 0 Å². The van der Waals surface area contributed by atoms with Crippen LogP contribution in [-0.2, 0) is 11.0 Å². The summed E-state index contributed by atoms with van der Waals surface area (Å²) in [5, 5.41) is 5.00. The lowest BCUT2D eigenvalue weighted by Gasteiger charge is -2.14. The third-order valence-electron chi connectivity index (χ3n) is 4.30. The Bertz CT molecular complexity index is 1150. The lowest BCUT2D eigenvalue weighted by Crippen LogP contribution is -2.18. The number of hydrogen-bond donors (Lipinski definition) is 2. The van der Waals surface area contributed by atoms with Gasteiger partial charge in [0.25, 0.3) is 5.91 Å². The van der Waals surface area contributed by atoms with Gasteiger partial charge >= 0.3 is 6.18 Å². The van der Waals surface area contributed by atoms with Crippen LogP contribution in [0.4, 0.5) is 24.5 Å². The van der Waals surface area contributed by atoms with Crippen LogP contribution in [0, 0.1) is 6.92 Å². The van der Waals surface area contributed by atoms with Crippen LogP contribution in [0.2, 0.25) is 5.02 Å². The van der Waals surface area contributed by atoms with Gasteiger partial charge in [-0.1, -0.05) is 35.4 Å². The normalized spacial score (nSPS) is 11.2. The Hall–Kier alpha value is -2.97. The van der Waals surface area contributed by atoms with Gasteiger partial charge in [-0.3, -0.25) is 9.59 Å². The molecule has 0 heterocycles. The van der Waals surface area contributed by atoms with E-state index in [4.69, 9.17) is 11.6 Å². The summed E-state index contributed by atoms with van der Waals surface area (Å²) in [6, 6.07) is 17.2. The fraction of sp³-hybridized carbons (Fsp3) is 0.130. The predicted molar refractivity (Wildman–Crippen MR) is 121 cm³/mol. The van der Waals surface area contributed by atoms with Crippen molar-refractivity contribution in [1.29, 1.82) is 0 Å². The number of aryl methyl sites for hydroxylation is 1. The molecule has 0 radical (unpaired) electrons. The van der Waals surface area contributed by atoms with Crippen LogP contribution >= 0.6 is 23.4 Å². The lowest BCUT2D eigenvalue weighted by molar-refractivity contribution is -0.137. The van der Waals surface area contributed by atoms with Crippen LogP contribution in [0.1, 0.15) is 21.5 Å². The number of carbonyl (C=O) groups excluding carboxylic acids is 2. The van der Waals surface area contributed by atoms with Crippen LogP contribution in [0.5, 0.6) is 0 Å². The molecule has 32 heavy (non-hydrogen) atoms. The summed E-state index contributed by atoms with van der Waals surface area (Å²) in [5.74, 6) is -0.983. The first-order valence-corrected chi connectivity index (χ1v) is 10.8. The molecule has 0 saturated carbocycles. The highest BCUT2D eigenvalue weighted by molar-refractivity contribution is 8.00. The van der Waals surface area contributed by atoms with Gasteiger partial charge in [0, 0.05) is 21.2 Å². The van der Waals surface area contributed by atoms with Crippen molar-refractivity contribution in [3.63, 3.8) is 0 Å². The molecule has 4 nitrogen and oxygen atoms in total. The molecule has 0 fully saturated rings. The maximum atomic E-state index is 13.2. The van der Waals surface area contributed by atoms with E-state index in [1.807, 2.05) is 13.0 Å². The van der Waals surface area contributed by atoms with Gasteiger partial charge in [-0.15, -0.1) is 11.8 Å². The molecular formula is C23H18ClF3N2O2S. The Kier molecular flexibility index (Phi) is 7.48. The SMILES string of the molecule is Cc1cccc(C(=O)Nc2cccc(SCC(=O)Nc3ccc(Cl)cc3C(F)(F)F)c2)c1. The fourth-order valence-electron chi connectivity index (χ4n) is 2.85. The molecule has 0 spiro atoms. The van der Waals surface area contributed by atoms with E-state index in [0.717, 1.165) is 29.5 Å². The van der Waals surface area contributed by atoms with Crippen molar-refractivity contribution in [3.8, 4) is 0 Å². The van der Waals surface area contributed by atoms with E-state index in [0.29, 0.717) is 16.1 Å². The molecule has 3 rings (SSSR count). The molecule has 0 unspecified atom stereocenters. The van der Waals surface area contributed by atoms with Crippen molar-refractivity contribution in [1.82, 2.24) is 0 Å². The number of halogens is 4. The fourth-order valence-corrected chi connectivity index (χ4v) is 3.78. The van der Waals surface area contributed by atoms with E-state index in [-0.39, 0.29) is 22.4 Å². The van der Waals surface area contributed by atoms with Crippen LogP contribution in [-0.4, -0.2) is 17.6 Å². The molecule has 0 aliphatic rings. The summed E-state index contributed by atoms with van der Waals surface area (Å²) < 4.78 is 39.5. The number of nitrogens with one attached hydrogen (secondary N) is 2. The highest BCUT2D eigenvalue weighted by atomic mass is 35.5. The highest BCUT2D eigenvalue weighted by Gasteiger charge is 2.34. The number of benzene rings is 3. The molecule has 2 amide bonds. The zero-order chi connectivity index (χ0) is 23.3. The maximum absolute atomic E-state index is 13.2. The Morgan fingerprint density at radius 1 is 0.969 bits per heavy atom. The van der Waals surface area contributed by atoms with E-state index < -0.39 is 17.6 Å². The van der Waals surface area contributed by atoms with Gasteiger partial charge in [-0.2, -0.15) is 13.2 Å². The Labute approximate surface area is 192 Å². The smallest absolute Gasteiger partial charge is 0.325 e. The van der Waals surface area contributed by atoms with Gasteiger partial charge in [0.2, 0.25) is 5.91 Å². The molecule has 0 aromatic heterocycles. The third-order valence-corrected chi connectivity index (χ3v) is 5.53. The molecular weight excluding hydrogens is 461 g/mol. The monoisotopic (exact) mass is 478 g/mol. The second-order valence-corrected chi connectivity index (χ2v) is 8.36. The van der Waals surface area contributed by atoms with Gasteiger partial charge in [0.05, 0.1) is 17.0 Å². The van der Waals surface area contributed by atoms with Gasteiger partial charge < -0.3 is 10.6 Å².